The second-order valence-electron chi connectivity index (χ2n) is 15.8. The Balaban J connectivity index is 0.00000464. The van der Waals surface area contributed by atoms with Gasteiger partial charge in [0.05, 0.1) is 16.6 Å². The maximum absolute atomic E-state index is 11.8. The van der Waals surface area contributed by atoms with Gasteiger partial charge >= 0.3 is 0 Å². The summed E-state index contributed by atoms with van der Waals surface area (Å²) in [7, 11) is 2.04. The number of aromatic nitrogens is 3. The number of hydrogen-bond acceptors (Lipinski definition) is 3. The molecule has 266 valence electrons. The Bertz CT molecular complexity index is 2360. The molecule has 1 unspecified atom stereocenters. The smallest absolute Gasteiger partial charge is 0.143 e. The van der Waals surface area contributed by atoms with Crippen LogP contribution < -0.4 is 0 Å². The fraction of sp³-hybridized carbons (Fsp3) is 0.234. The Morgan fingerprint density at radius 2 is 1.35 bits per heavy atom. The number of fused-ring (bicyclic) bond motifs is 1. The number of rotatable bonds is 6. The van der Waals surface area contributed by atoms with Gasteiger partial charge in [0, 0.05) is 45.6 Å². The van der Waals surface area contributed by atoms with Gasteiger partial charge in [-0.25, -0.2) is 4.98 Å². The number of phenolic OH excluding ortho intramolecular Hbond substituents is 1. The van der Waals surface area contributed by atoms with E-state index in [0.717, 1.165) is 61.5 Å². The number of para-hydroxylation sites is 1. The van der Waals surface area contributed by atoms with Crippen molar-refractivity contribution in [2.45, 2.75) is 65.2 Å². The number of hydrogen-bond donors (Lipinski definition) is 1. The van der Waals surface area contributed by atoms with Gasteiger partial charge in [0.2, 0.25) is 0 Å². The molecule has 0 spiro atoms. The minimum absolute atomic E-state index is 0. The van der Waals surface area contributed by atoms with Crippen molar-refractivity contribution in [3.63, 3.8) is 0 Å². The van der Waals surface area contributed by atoms with Crippen molar-refractivity contribution in [1.82, 2.24) is 14.5 Å². The molecule has 0 amide bonds. The zero-order chi connectivity index (χ0) is 36.1. The normalized spacial score (nSPS) is 12.5. The van der Waals surface area contributed by atoms with E-state index in [2.05, 4.69) is 168 Å². The van der Waals surface area contributed by atoms with E-state index in [1.807, 2.05) is 19.3 Å². The van der Waals surface area contributed by atoms with Crippen LogP contribution in [0.5, 0.6) is 5.75 Å². The van der Waals surface area contributed by atoms with Crippen LogP contribution in [0.2, 0.25) is 0 Å². The van der Waals surface area contributed by atoms with E-state index in [1.54, 1.807) is 0 Å². The third-order valence-electron chi connectivity index (χ3n) is 10.1. The molecule has 2 aromatic heterocycles. The van der Waals surface area contributed by atoms with E-state index in [9.17, 15) is 5.11 Å². The van der Waals surface area contributed by atoms with Crippen LogP contribution in [0.1, 0.15) is 76.6 Å². The van der Waals surface area contributed by atoms with Crippen LogP contribution in [0.3, 0.4) is 0 Å². The molecule has 0 aliphatic rings. The van der Waals surface area contributed by atoms with Crippen molar-refractivity contribution in [3.05, 3.63) is 150 Å². The Hall–Kier alpha value is -4.79. The molecular formula is C47H46N3OPt-. The minimum atomic E-state index is -0.247. The molecular weight excluding hydrogens is 818 g/mol. The number of imidazole rings is 1. The molecule has 5 aromatic carbocycles. The summed E-state index contributed by atoms with van der Waals surface area (Å²) < 4.78 is 2.11. The number of aryl methyl sites for hydroxylation is 1. The third-order valence-corrected chi connectivity index (χ3v) is 10.1. The first-order chi connectivity index (χ1) is 24.3. The largest absolute Gasteiger partial charge is 0.507 e. The summed E-state index contributed by atoms with van der Waals surface area (Å²) in [5.74, 6) is 1.16. The number of benzene rings is 5. The topological polar surface area (TPSA) is 50.9 Å². The molecule has 1 atom stereocenters. The number of nitrogens with zero attached hydrogens (tertiary/aromatic N) is 3. The average Bonchev–Trinajstić information content (AvgIpc) is 3.46. The summed E-state index contributed by atoms with van der Waals surface area (Å²) in [5, 5.41) is 11.8. The summed E-state index contributed by atoms with van der Waals surface area (Å²) in [4.78, 5) is 10.2. The molecule has 7 rings (SSSR count). The molecule has 1 N–H and O–H groups in total. The summed E-state index contributed by atoms with van der Waals surface area (Å²) in [6, 6.07) is 44.1. The second-order valence-corrected chi connectivity index (χ2v) is 15.8. The average molecular weight is 864 g/mol. The van der Waals surface area contributed by atoms with Gasteiger partial charge in [-0.2, -0.15) is 0 Å². The maximum Gasteiger partial charge on any atom is 0.143 e. The number of pyridine rings is 1. The predicted octanol–water partition coefficient (Wildman–Crippen LogP) is 11.9. The Kier molecular flexibility index (Phi) is 10.2. The first-order valence-electron chi connectivity index (χ1n) is 17.8. The molecule has 0 fully saturated rings. The quantitative estimate of drug-likeness (QED) is 0.169. The van der Waals surface area contributed by atoms with E-state index < -0.39 is 0 Å². The van der Waals surface area contributed by atoms with Gasteiger partial charge in [-0.15, -0.1) is 29.3 Å². The molecule has 0 radical (unpaired) electrons. The van der Waals surface area contributed by atoms with Crippen LogP contribution in [0.15, 0.2) is 121 Å². The van der Waals surface area contributed by atoms with Gasteiger partial charge in [-0.3, -0.25) is 4.98 Å². The van der Waals surface area contributed by atoms with E-state index >= 15 is 0 Å². The predicted molar refractivity (Wildman–Crippen MR) is 212 cm³/mol. The Morgan fingerprint density at radius 1 is 0.673 bits per heavy atom. The monoisotopic (exact) mass is 863 g/mol. The summed E-state index contributed by atoms with van der Waals surface area (Å²) in [6.07, 6.45) is 1.88. The minimum Gasteiger partial charge on any atom is -0.507 e. The molecule has 2 heterocycles. The van der Waals surface area contributed by atoms with Gasteiger partial charge in [0.25, 0.3) is 0 Å². The van der Waals surface area contributed by atoms with Gasteiger partial charge in [-0.1, -0.05) is 145 Å². The van der Waals surface area contributed by atoms with Crippen molar-refractivity contribution < 1.29 is 26.2 Å². The molecule has 5 heteroatoms. The molecule has 4 nitrogen and oxygen atoms in total. The molecule has 0 bridgehead atoms. The van der Waals surface area contributed by atoms with E-state index in [0.29, 0.717) is 0 Å². The van der Waals surface area contributed by atoms with Crippen LogP contribution in [0, 0.1) is 6.07 Å². The summed E-state index contributed by atoms with van der Waals surface area (Å²) in [6.45, 7) is 15.3. The first-order valence-corrected chi connectivity index (χ1v) is 17.8. The van der Waals surface area contributed by atoms with Crippen LogP contribution in [-0.2, 0) is 38.9 Å². The standard InChI is InChI=1S/C47H46N3O.Pt/c1-30(31-16-11-9-12-17-31)34-24-35(26-36(25-34)41-27-33(22-23-48-41)32-18-13-10-14-19-32)38-20-15-21-42-43(38)49-45(50(42)8)39-28-37(46(2,3)4)29-40(44(39)51)47(5,6)7;/h9-25,27-30,51H,1-8H3;/q-1;. The van der Waals surface area contributed by atoms with Crippen molar-refractivity contribution in [3.8, 4) is 50.6 Å². The van der Waals surface area contributed by atoms with Crippen molar-refractivity contribution in [2.75, 3.05) is 0 Å². The molecule has 0 aliphatic carbocycles. The van der Waals surface area contributed by atoms with Gasteiger partial charge in [0.1, 0.15) is 11.6 Å². The molecule has 7 aromatic rings. The van der Waals surface area contributed by atoms with Crippen LogP contribution in [0.4, 0.5) is 0 Å². The van der Waals surface area contributed by atoms with E-state index in [1.165, 1.54) is 16.7 Å². The zero-order valence-electron chi connectivity index (χ0n) is 31.2. The SMILES string of the molecule is CC(c1ccccc1)c1cc(-c2cc(-c3ccccc3)ccn2)[c-]c(-c2cccc3c2nc(-c2cc(C(C)(C)C)cc(C(C)(C)C)c2O)n3C)c1.[Pt]. The van der Waals surface area contributed by atoms with Crippen molar-refractivity contribution >= 4 is 11.0 Å². The van der Waals surface area contributed by atoms with Crippen LogP contribution >= 0.6 is 0 Å². The number of aromatic hydroxyl groups is 1. The zero-order valence-corrected chi connectivity index (χ0v) is 33.5. The van der Waals surface area contributed by atoms with E-state index in [-0.39, 0.29) is 43.6 Å². The third kappa shape index (κ3) is 7.14. The van der Waals surface area contributed by atoms with Crippen LogP contribution in [0.25, 0.3) is 55.9 Å². The van der Waals surface area contributed by atoms with Gasteiger partial charge in [-0.05, 0) is 57.2 Å². The Labute approximate surface area is 322 Å². The van der Waals surface area contributed by atoms with Crippen molar-refractivity contribution in [1.29, 1.82) is 0 Å². The molecule has 0 saturated heterocycles. The van der Waals surface area contributed by atoms with E-state index in [4.69, 9.17) is 9.97 Å². The Morgan fingerprint density at radius 3 is 2.02 bits per heavy atom. The fourth-order valence-corrected chi connectivity index (χ4v) is 6.93. The van der Waals surface area contributed by atoms with Gasteiger partial charge < -0.3 is 9.67 Å². The first kappa shape index (κ1) is 37.0. The molecule has 0 saturated carbocycles. The van der Waals surface area contributed by atoms with Crippen LogP contribution in [-0.4, -0.2) is 19.6 Å². The summed E-state index contributed by atoms with van der Waals surface area (Å²) >= 11 is 0. The number of phenols is 1. The van der Waals surface area contributed by atoms with Crippen molar-refractivity contribution in [2.24, 2.45) is 7.05 Å². The second kappa shape index (κ2) is 14.3. The fourth-order valence-electron chi connectivity index (χ4n) is 6.93. The molecule has 52 heavy (non-hydrogen) atoms. The maximum atomic E-state index is 11.8. The summed E-state index contributed by atoms with van der Waals surface area (Å²) in [5.41, 5.74) is 12.7. The molecule has 0 aliphatic heterocycles. The van der Waals surface area contributed by atoms with Gasteiger partial charge in [0.15, 0.2) is 0 Å².